The van der Waals surface area contributed by atoms with Gasteiger partial charge in [0.25, 0.3) is 0 Å². The summed E-state index contributed by atoms with van der Waals surface area (Å²) in [5.74, 6) is 0. The molecule has 17 heavy (non-hydrogen) atoms. The second kappa shape index (κ2) is 5.16. The predicted octanol–water partition coefficient (Wildman–Crippen LogP) is 0.643. The molecule has 0 aliphatic carbocycles. The van der Waals surface area contributed by atoms with E-state index in [0.717, 1.165) is 25.1 Å². The molecule has 1 aliphatic rings. The van der Waals surface area contributed by atoms with Crippen molar-refractivity contribution < 1.29 is 8.42 Å². The molecule has 1 N–H and O–H groups in total. The quantitative estimate of drug-likeness (QED) is 0.860. The van der Waals surface area contributed by atoms with Crippen molar-refractivity contribution in [1.29, 1.82) is 0 Å². The maximum atomic E-state index is 12.3. The van der Waals surface area contributed by atoms with Crippen LogP contribution in [0.25, 0.3) is 0 Å². The van der Waals surface area contributed by atoms with E-state index >= 15 is 0 Å². The van der Waals surface area contributed by atoms with Crippen LogP contribution in [-0.4, -0.2) is 38.9 Å². The summed E-state index contributed by atoms with van der Waals surface area (Å²) in [6.45, 7) is 4.52. The van der Waals surface area contributed by atoms with E-state index in [9.17, 15) is 8.42 Å². The van der Waals surface area contributed by atoms with Gasteiger partial charge in [0.05, 0.1) is 4.90 Å². The molecule has 1 aromatic carbocycles. The van der Waals surface area contributed by atoms with Gasteiger partial charge < -0.3 is 5.32 Å². The van der Waals surface area contributed by atoms with Crippen molar-refractivity contribution in [3.63, 3.8) is 0 Å². The third-order valence-corrected chi connectivity index (χ3v) is 4.82. The Labute approximate surface area is 103 Å². The summed E-state index contributed by atoms with van der Waals surface area (Å²) in [5.41, 5.74) is 0.932. The number of hydrogen-bond donors (Lipinski definition) is 1. The van der Waals surface area contributed by atoms with Crippen molar-refractivity contribution in [3.8, 4) is 0 Å². The first-order valence-electron chi connectivity index (χ1n) is 5.86. The van der Waals surface area contributed by atoms with Gasteiger partial charge in [0.15, 0.2) is 0 Å². The lowest BCUT2D eigenvalue weighted by Gasteiger charge is -2.26. The minimum absolute atomic E-state index is 0.384. The molecule has 1 radical (unpaired) electrons. The Morgan fingerprint density at radius 1 is 1.41 bits per heavy atom. The first-order valence-corrected chi connectivity index (χ1v) is 7.30. The number of piperazine rings is 1. The van der Waals surface area contributed by atoms with E-state index < -0.39 is 10.0 Å². The fourth-order valence-electron chi connectivity index (χ4n) is 1.89. The van der Waals surface area contributed by atoms with Crippen LogP contribution in [0.15, 0.2) is 23.1 Å². The van der Waals surface area contributed by atoms with Gasteiger partial charge in [-0.15, -0.1) is 0 Å². The number of hydrogen-bond acceptors (Lipinski definition) is 3. The summed E-state index contributed by atoms with van der Waals surface area (Å²) in [5, 5.41) is 3.15. The minimum atomic E-state index is -3.32. The second-order valence-corrected chi connectivity index (χ2v) is 6.00. The van der Waals surface area contributed by atoms with Gasteiger partial charge in [0, 0.05) is 26.2 Å². The van der Waals surface area contributed by atoms with Crippen LogP contribution in [0.4, 0.5) is 0 Å². The number of nitrogens with one attached hydrogen (secondary N) is 1. The van der Waals surface area contributed by atoms with Crippen LogP contribution in [0, 0.1) is 6.07 Å². The normalized spacial score (nSPS) is 18.2. The Balaban J connectivity index is 2.29. The molecule has 4 nitrogen and oxygen atoms in total. The Kier molecular flexibility index (Phi) is 3.81. The van der Waals surface area contributed by atoms with Crippen LogP contribution in [0.5, 0.6) is 0 Å². The lowest BCUT2D eigenvalue weighted by molar-refractivity contribution is 0.360. The summed E-state index contributed by atoms with van der Waals surface area (Å²) >= 11 is 0. The maximum absolute atomic E-state index is 12.3. The van der Waals surface area contributed by atoms with Crippen LogP contribution in [0.3, 0.4) is 0 Å². The van der Waals surface area contributed by atoms with Gasteiger partial charge in [-0.3, -0.25) is 0 Å². The van der Waals surface area contributed by atoms with E-state index in [2.05, 4.69) is 11.4 Å². The van der Waals surface area contributed by atoms with Crippen LogP contribution in [0.1, 0.15) is 12.5 Å². The van der Waals surface area contributed by atoms with Crippen molar-refractivity contribution >= 4 is 10.0 Å². The summed E-state index contributed by atoms with van der Waals surface area (Å²) in [4.78, 5) is 0.384. The highest BCUT2D eigenvalue weighted by Gasteiger charge is 2.25. The van der Waals surface area contributed by atoms with Gasteiger partial charge in [0.1, 0.15) is 0 Å². The van der Waals surface area contributed by atoms with E-state index in [-0.39, 0.29) is 0 Å². The number of aryl methyl sites for hydroxylation is 1. The predicted molar refractivity (Wildman–Crippen MR) is 66.3 cm³/mol. The van der Waals surface area contributed by atoms with Gasteiger partial charge in [-0.2, -0.15) is 4.31 Å². The lowest BCUT2D eigenvalue weighted by atomic mass is 10.2. The molecule has 93 valence electrons. The van der Waals surface area contributed by atoms with Crippen LogP contribution < -0.4 is 5.32 Å². The molecule has 0 bridgehead atoms. The van der Waals surface area contributed by atoms with Crippen molar-refractivity contribution in [3.05, 3.63) is 29.8 Å². The summed E-state index contributed by atoms with van der Waals surface area (Å²) < 4.78 is 26.2. The number of benzene rings is 1. The molecular formula is C12H17N2O2S. The molecule has 2 rings (SSSR count). The molecule has 0 saturated carbocycles. The van der Waals surface area contributed by atoms with Gasteiger partial charge in [-0.25, -0.2) is 8.42 Å². The van der Waals surface area contributed by atoms with E-state index in [1.54, 1.807) is 18.2 Å². The number of nitrogens with zero attached hydrogens (tertiary/aromatic N) is 1. The zero-order chi connectivity index (χ0) is 12.3. The highest BCUT2D eigenvalue weighted by atomic mass is 32.2. The average molecular weight is 253 g/mol. The van der Waals surface area contributed by atoms with Crippen LogP contribution in [-0.2, 0) is 16.4 Å². The zero-order valence-electron chi connectivity index (χ0n) is 9.94. The van der Waals surface area contributed by atoms with Crippen molar-refractivity contribution in [2.75, 3.05) is 26.2 Å². The summed E-state index contributed by atoms with van der Waals surface area (Å²) in [6, 6.07) is 8.07. The molecule has 0 spiro atoms. The van der Waals surface area contributed by atoms with Crippen molar-refractivity contribution in [2.24, 2.45) is 0 Å². The van der Waals surface area contributed by atoms with Gasteiger partial charge in [-0.05, 0) is 30.2 Å². The fourth-order valence-corrected chi connectivity index (χ4v) is 3.38. The lowest BCUT2D eigenvalue weighted by Crippen LogP contribution is -2.46. The monoisotopic (exact) mass is 253 g/mol. The van der Waals surface area contributed by atoms with Crippen LogP contribution >= 0.6 is 0 Å². The Hall–Kier alpha value is -0.910. The topological polar surface area (TPSA) is 49.4 Å². The Morgan fingerprint density at radius 3 is 2.76 bits per heavy atom. The first-order chi connectivity index (χ1) is 8.14. The minimum Gasteiger partial charge on any atom is -0.314 e. The smallest absolute Gasteiger partial charge is 0.243 e. The molecule has 1 aromatic rings. The van der Waals surface area contributed by atoms with E-state index in [1.165, 1.54) is 4.31 Å². The second-order valence-electron chi connectivity index (χ2n) is 4.06. The summed E-state index contributed by atoms with van der Waals surface area (Å²) in [7, 11) is -3.32. The summed E-state index contributed by atoms with van der Waals surface area (Å²) in [6.07, 6.45) is 0.797. The average Bonchev–Trinajstić information content (AvgIpc) is 2.40. The molecule has 0 amide bonds. The van der Waals surface area contributed by atoms with Crippen molar-refractivity contribution in [1.82, 2.24) is 9.62 Å². The number of sulfonamides is 1. The number of rotatable bonds is 3. The molecule has 1 heterocycles. The van der Waals surface area contributed by atoms with E-state index in [0.29, 0.717) is 18.0 Å². The standard InChI is InChI=1S/C12H17N2O2S/c1-2-11-4-3-5-12(10-11)17(15,16)14-8-6-13-7-9-14/h3,5,10,13H,2,6-9H2,1H3. The molecule has 5 heteroatoms. The highest BCUT2D eigenvalue weighted by Crippen LogP contribution is 2.17. The largest absolute Gasteiger partial charge is 0.314 e. The highest BCUT2D eigenvalue weighted by molar-refractivity contribution is 7.89. The Bertz CT molecular complexity index is 479. The van der Waals surface area contributed by atoms with E-state index in [4.69, 9.17) is 0 Å². The van der Waals surface area contributed by atoms with Gasteiger partial charge in [-0.1, -0.05) is 13.0 Å². The molecule has 0 unspecified atom stereocenters. The van der Waals surface area contributed by atoms with Gasteiger partial charge in [0.2, 0.25) is 10.0 Å². The van der Waals surface area contributed by atoms with Crippen LogP contribution in [0.2, 0.25) is 0 Å². The third-order valence-electron chi connectivity index (χ3n) is 2.93. The maximum Gasteiger partial charge on any atom is 0.243 e. The molecule has 1 aliphatic heterocycles. The molecule has 1 fully saturated rings. The molecular weight excluding hydrogens is 236 g/mol. The fraction of sp³-hybridized carbons (Fsp3) is 0.500. The molecule has 1 saturated heterocycles. The molecule has 0 aromatic heterocycles. The van der Waals surface area contributed by atoms with E-state index in [1.807, 2.05) is 6.92 Å². The zero-order valence-corrected chi connectivity index (χ0v) is 10.8. The van der Waals surface area contributed by atoms with Crippen molar-refractivity contribution in [2.45, 2.75) is 18.2 Å². The van der Waals surface area contributed by atoms with Gasteiger partial charge >= 0.3 is 0 Å². The SMILES string of the molecule is CCc1[c]ccc(S(=O)(=O)N2CCNCC2)c1. The first kappa shape index (κ1) is 12.5. The molecule has 0 atom stereocenters. The Morgan fingerprint density at radius 2 is 2.12 bits per heavy atom. The third kappa shape index (κ3) is 2.68.